The van der Waals surface area contributed by atoms with E-state index in [1.165, 1.54) is 6.07 Å². The van der Waals surface area contributed by atoms with E-state index in [4.69, 9.17) is 0 Å². The van der Waals surface area contributed by atoms with Crippen LogP contribution in [0.15, 0.2) is 16.7 Å². The standard InChI is InChI=1S/C10H13Br2FN2/c1-2-15(5-3-4-11)10-9(13)6-8(12)7-14-10/h6-7H,2-5H2,1H3. The van der Waals surface area contributed by atoms with Gasteiger partial charge in [-0.2, -0.15) is 0 Å². The van der Waals surface area contributed by atoms with Crippen molar-refractivity contribution in [3.8, 4) is 0 Å². The highest BCUT2D eigenvalue weighted by atomic mass is 79.9. The van der Waals surface area contributed by atoms with E-state index in [0.717, 1.165) is 24.8 Å². The molecule has 0 atom stereocenters. The van der Waals surface area contributed by atoms with Gasteiger partial charge >= 0.3 is 0 Å². The molecule has 5 heteroatoms. The van der Waals surface area contributed by atoms with Gasteiger partial charge in [-0.15, -0.1) is 0 Å². The van der Waals surface area contributed by atoms with Gasteiger partial charge in [-0.25, -0.2) is 9.37 Å². The second-order valence-electron chi connectivity index (χ2n) is 3.08. The van der Waals surface area contributed by atoms with Crippen LogP contribution < -0.4 is 4.90 Å². The number of rotatable bonds is 5. The highest BCUT2D eigenvalue weighted by molar-refractivity contribution is 9.10. The van der Waals surface area contributed by atoms with E-state index in [2.05, 4.69) is 36.8 Å². The number of alkyl halides is 1. The molecule has 0 aliphatic heterocycles. The fraction of sp³-hybridized carbons (Fsp3) is 0.500. The van der Waals surface area contributed by atoms with Gasteiger partial charge in [0.15, 0.2) is 11.6 Å². The van der Waals surface area contributed by atoms with Crippen LogP contribution in [0, 0.1) is 5.82 Å². The van der Waals surface area contributed by atoms with Crippen LogP contribution in [-0.4, -0.2) is 23.4 Å². The van der Waals surface area contributed by atoms with Crippen molar-refractivity contribution in [1.82, 2.24) is 4.98 Å². The molecule has 0 spiro atoms. The number of aromatic nitrogens is 1. The fourth-order valence-electron chi connectivity index (χ4n) is 1.30. The van der Waals surface area contributed by atoms with Gasteiger partial charge in [0.05, 0.1) is 0 Å². The molecule has 0 saturated heterocycles. The maximum Gasteiger partial charge on any atom is 0.166 e. The molecule has 0 aromatic carbocycles. The second kappa shape index (κ2) is 6.43. The minimum Gasteiger partial charge on any atom is -0.354 e. The molecule has 0 radical (unpaired) electrons. The van der Waals surface area contributed by atoms with Crippen LogP contribution in [0.5, 0.6) is 0 Å². The predicted octanol–water partition coefficient (Wildman–Crippen LogP) is 3.59. The van der Waals surface area contributed by atoms with E-state index in [0.29, 0.717) is 10.3 Å². The lowest BCUT2D eigenvalue weighted by molar-refractivity contribution is 0.608. The predicted molar refractivity (Wildman–Crippen MR) is 68.2 cm³/mol. The summed E-state index contributed by atoms with van der Waals surface area (Å²) in [5, 5.41) is 0.918. The first-order chi connectivity index (χ1) is 7.19. The number of nitrogens with zero attached hydrogens (tertiary/aromatic N) is 2. The molecular weight excluding hydrogens is 327 g/mol. The van der Waals surface area contributed by atoms with Gasteiger partial charge in [0.2, 0.25) is 0 Å². The first-order valence-electron chi connectivity index (χ1n) is 4.81. The first-order valence-corrected chi connectivity index (χ1v) is 6.72. The summed E-state index contributed by atoms with van der Waals surface area (Å²) in [5.41, 5.74) is 0. The van der Waals surface area contributed by atoms with Gasteiger partial charge in [0.1, 0.15) is 0 Å². The lowest BCUT2D eigenvalue weighted by Gasteiger charge is -2.21. The molecule has 0 bridgehead atoms. The molecule has 2 nitrogen and oxygen atoms in total. The van der Waals surface area contributed by atoms with Crippen molar-refractivity contribution in [3.05, 3.63) is 22.6 Å². The molecule has 1 rings (SSSR count). The molecule has 0 saturated carbocycles. The van der Waals surface area contributed by atoms with Crippen LogP contribution in [0.25, 0.3) is 0 Å². The molecule has 84 valence electrons. The summed E-state index contributed by atoms with van der Waals surface area (Å²) in [6.07, 6.45) is 2.60. The van der Waals surface area contributed by atoms with Crippen LogP contribution in [0.3, 0.4) is 0 Å². The molecule has 0 amide bonds. The third-order valence-electron chi connectivity index (χ3n) is 2.03. The van der Waals surface area contributed by atoms with Gasteiger partial charge < -0.3 is 4.90 Å². The number of hydrogen-bond donors (Lipinski definition) is 0. The van der Waals surface area contributed by atoms with Gasteiger partial charge in [-0.05, 0) is 35.3 Å². The third kappa shape index (κ3) is 3.72. The van der Waals surface area contributed by atoms with Gasteiger partial charge in [0.25, 0.3) is 0 Å². The Hall–Kier alpha value is -0.160. The van der Waals surface area contributed by atoms with E-state index in [1.54, 1.807) is 6.20 Å². The summed E-state index contributed by atoms with van der Waals surface area (Å²) in [6, 6.07) is 1.44. The van der Waals surface area contributed by atoms with E-state index in [-0.39, 0.29) is 5.82 Å². The van der Waals surface area contributed by atoms with Crippen molar-refractivity contribution in [1.29, 1.82) is 0 Å². The molecule has 15 heavy (non-hydrogen) atoms. The molecule has 0 fully saturated rings. The third-order valence-corrected chi connectivity index (χ3v) is 3.03. The molecule has 1 aromatic rings. The SMILES string of the molecule is CCN(CCCBr)c1ncc(Br)cc1F. The van der Waals surface area contributed by atoms with E-state index in [9.17, 15) is 4.39 Å². The first kappa shape index (κ1) is 12.9. The Bertz CT molecular complexity index is 320. The normalized spacial score (nSPS) is 10.4. The van der Waals surface area contributed by atoms with Crippen LogP contribution >= 0.6 is 31.9 Å². The minimum absolute atomic E-state index is 0.277. The van der Waals surface area contributed by atoms with E-state index in [1.807, 2.05) is 11.8 Å². The zero-order chi connectivity index (χ0) is 11.3. The van der Waals surface area contributed by atoms with Crippen molar-refractivity contribution in [3.63, 3.8) is 0 Å². The highest BCUT2D eigenvalue weighted by Crippen LogP contribution is 2.20. The Morgan fingerprint density at radius 3 is 2.80 bits per heavy atom. The van der Waals surface area contributed by atoms with Crippen molar-refractivity contribution < 1.29 is 4.39 Å². The zero-order valence-corrected chi connectivity index (χ0v) is 11.7. The fourth-order valence-corrected chi connectivity index (χ4v) is 1.86. The topological polar surface area (TPSA) is 16.1 Å². The Labute approximate surface area is 106 Å². The number of hydrogen-bond acceptors (Lipinski definition) is 2. The Morgan fingerprint density at radius 1 is 1.53 bits per heavy atom. The van der Waals surface area contributed by atoms with Crippen LogP contribution in [0.1, 0.15) is 13.3 Å². The molecular formula is C10H13Br2FN2. The quantitative estimate of drug-likeness (QED) is 0.762. The van der Waals surface area contributed by atoms with Gasteiger partial charge in [-0.3, -0.25) is 0 Å². The Morgan fingerprint density at radius 2 is 2.27 bits per heavy atom. The van der Waals surface area contributed by atoms with Gasteiger partial charge in [-0.1, -0.05) is 15.9 Å². The number of pyridine rings is 1. The van der Waals surface area contributed by atoms with Crippen molar-refractivity contribution in [2.45, 2.75) is 13.3 Å². The highest BCUT2D eigenvalue weighted by Gasteiger charge is 2.11. The average molecular weight is 340 g/mol. The maximum absolute atomic E-state index is 13.6. The van der Waals surface area contributed by atoms with Crippen LogP contribution in [0.4, 0.5) is 10.2 Å². The van der Waals surface area contributed by atoms with Crippen molar-refractivity contribution >= 4 is 37.7 Å². The minimum atomic E-state index is -0.277. The Kier molecular flexibility index (Phi) is 5.53. The molecule has 0 unspecified atom stereocenters. The number of anilines is 1. The lowest BCUT2D eigenvalue weighted by atomic mass is 10.3. The molecule has 0 aliphatic carbocycles. The zero-order valence-electron chi connectivity index (χ0n) is 8.51. The monoisotopic (exact) mass is 338 g/mol. The summed E-state index contributed by atoms with van der Waals surface area (Å²) < 4.78 is 14.2. The maximum atomic E-state index is 13.6. The second-order valence-corrected chi connectivity index (χ2v) is 4.79. The average Bonchev–Trinajstić information content (AvgIpc) is 2.21. The summed E-state index contributed by atoms with van der Waals surface area (Å²) in [5.74, 6) is 0.155. The van der Waals surface area contributed by atoms with E-state index >= 15 is 0 Å². The summed E-state index contributed by atoms with van der Waals surface area (Å²) in [7, 11) is 0. The van der Waals surface area contributed by atoms with Crippen LogP contribution in [0.2, 0.25) is 0 Å². The Balaban J connectivity index is 2.81. The molecule has 0 aliphatic rings. The number of halogens is 3. The van der Waals surface area contributed by atoms with E-state index < -0.39 is 0 Å². The summed E-state index contributed by atoms with van der Waals surface area (Å²) >= 11 is 6.55. The lowest BCUT2D eigenvalue weighted by Crippen LogP contribution is -2.26. The van der Waals surface area contributed by atoms with Crippen LogP contribution in [-0.2, 0) is 0 Å². The van der Waals surface area contributed by atoms with Crippen molar-refractivity contribution in [2.75, 3.05) is 23.3 Å². The smallest absolute Gasteiger partial charge is 0.166 e. The molecule has 0 N–H and O–H groups in total. The summed E-state index contributed by atoms with van der Waals surface area (Å²) in [6.45, 7) is 3.57. The van der Waals surface area contributed by atoms with Crippen molar-refractivity contribution in [2.24, 2.45) is 0 Å². The molecule has 1 aromatic heterocycles. The van der Waals surface area contributed by atoms with Gasteiger partial charge in [0, 0.05) is 29.1 Å². The summed E-state index contributed by atoms with van der Waals surface area (Å²) in [4.78, 5) is 6.02. The largest absolute Gasteiger partial charge is 0.354 e. The molecule has 1 heterocycles.